The monoisotopic (exact) mass is 385 g/mol. The molecule has 0 aliphatic heterocycles. The van der Waals surface area contributed by atoms with Crippen molar-refractivity contribution in [2.45, 2.75) is 13.8 Å². The Bertz CT molecular complexity index is 845. The van der Waals surface area contributed by atoms with Crippen LogP contribution in [0.2, 0.25) is 0 Å². The van der Waals surface area contributed by atoms with Gasteiger partial charge in [0.15, 0.2) is 11.5 Å². The predicted octanol–water partition coefficient (Wildman–Crippen LogP) is 3.54. The fourth-order valence-electron chi connectivity index (χ4n) is 2.68. The first-order valence-corrected chi connectivity index (χ1v) is 8.95. The van der Waals surface area contributed by atoms with Crippen molar-refractivity contribution in [2.75, 3.05) is 34.5 Å². The molecule has 1 N–H and O–H groups in total. The lowest BCUT2D eigenvalue weighted by atomic mass is 10.1. The first kappa shape index (κ1) is 21.2. The Morgan fingerprint density at radius 3 is 2.39 bits per heavy atom. The van der Waals surface area contributed by atoms with Crippen LogP contribution in [0.3, 0.4) is 0 Å². The molecular weight excluding hydrogens is 358 g/mol. The number of hydrogen-bond acceptors (Lipinski definition) is 5. The van der Waals surface area contributed by atoms with E-state index in [1.54, 1.807) is 32.4 Å². The maximum absolute atomic E-state index is 12.1. The van der Waals surface area contributed by atoms with Crippen LogP contribution in [-0.2, 0) is 4.79 Å². The summed E-state index contributed by atoms with van der Waals surface area (Å²) in [5.74, 6) is 2.16. The van der Waals surface area contributed by atoms with Crippen molar-refractivity contribution in [3.63, 3.8) is 0 Å². The van der Waals surface area contributed by atoms with Crippen LogP contribution in [-0.4, -0.2) is 40.4 Å². The molecule has 0 heterocycles. The number of rotatable bonds is 9. The SMILES string of the molecule is COc1ccc(/C=C/C(=O)NCCOc2cc(C)ccc2C)c(OC)c1OC. The Hall–Kier alpha value is -3.15. The fourth-order valence-corrected chi connectivity index (χ4v) is 2.68. The van der Waals surface area contributed by atoms with Gasteiger partial charge in [-0.05, 0) is 49.2 Å². The molecule has 0 saturated carbocycles. The third-order valence-electron chi connectivity index (χ3n) is 4.15. The van der Waals surface area contributed by atoms with Gasteiger partial charge in [0.1, 0.15) is 12.4 Å². The van der Waals surface area contributed by atoms with E-state index in [0.717, 1.165) is 16.9 Å². The Kier molecular flexibility index (Phi) is 7.75. The van der Waals surface area contributed by atoms with E-state index in [4.69, 9.17) is 18.9 Å². The number of nitrogens with one attached hydrogen (secondary N) is 1. The van der Waals surface area contributed by atoms with Crippen LogP contribution in [0.1, 0.15) is 16.7 Å². The summed E-state index contributed by atoms with van der Waals surface area (Å²) in [4.78, 5) is 12.1. The largest absolute Gasteiger partial charge is 0.493 e. The summed E-state index contributed by atoms with van der Waals surface area (Å²) in [6, 6.07) is 9.60. The van der Waals surface area contributed by atoms with E-state index in [-0.39, 0.29) is 5.91 Å². The molecule has 0 bridgehead atoms. The van der Waals surface area contributed by atoms with E-state index in [9.17, 15) is 4.79 Å². The van der Waals surface area contributed by atoms with Gasteiger partial charge in [0.05, 0.1) is 27.9 Å². The van der Waals surface area contributed by atoms with Crippen molar-refractivity contribution in [3.8, 4) is 23.0 Å². The van der Waals surface area contributed by atoms with E-state index in [0.29, 0.717) is 36.0 Å². The van der Waals surface area contributed by atoms with Gasteiger partial charge in [0, 0.05) is 11.6 Å². The molecule has 0 fully saturated rings. The third kappa shape index (κ3) is 5.42. The van der Waals surface area contributed by atoms with Gasteiger partial charge in [-0.1, -0.05) is 12.1 Å². The minimum Gasteiger partial charge on any atom is -0.493 e. The minimum atomic E-state index is -0.221. The molecule has 2 aromatic rings. The normalized spacial score (nSPS) is 10.6. The van der Waals surface area contributed by atoms with Crippen LogP contribution in [0, 0.1) is 13.8 Å². The lowest BCUT2D eigenvalue weighted by molar-refractivity contribution is -0.116. The number of amides is 1. The molecule has 6 nitrogen and oxygen atoms in total. The molecule has 0 spiro atoms. The van der Waals surface area contributed by atoms with Gasteiger partial charge < -0.3 is 24.3 Å². The van der Waals surface area contributed by atoms with E-state index >= 15 is 0 Å². The molecule has 150 valence electrons. The maximum atomic E-state index is 12.1. The van der Waals surface area contributed by atoms with Gasteiger partial charge in [0.25, 0.3) is 0 Å². The van der Waals surface area contributed by atoms with Crippen LogP contribution in [0.15, 0.2) is 36.4 Å². The maximum Gasteiger partial charge on any atom is 0.244 e. The zero-order valence-electron chi connectivity index (χ0n) is 17.0. The zero-order chi connectivity index (χ0) is 20.5. The zero-order valence-corrected chi connectivity index (χ0v) is 17.0. The number of benzene rings is 2. The van der Waals surface area contributed by atoms with Crippen molar-refractivity contribution >= 4 is 12.0 Å². The van der Waals surface area contributed by atoms with Crippen LogP contribution in [0.5, 0.6) is 23.0 Å². The number of methoxy groups -OCH3 is 3. The molecule has 6 heteroatoms. The highest BCUT2D eigenvalue weighted by molar-refractivity contribution is 5.92. The van der Waals surface area contributed by atoms with Crippen LogP contribution in [0.4, 0.5) is 0 Å². The average Bonchev–Trinajstić information content (AvgIpc) is 2.70. The second-order valence-corrected chi connectivity index (χ2v) is 6.17. The molecule has 28 heavy (non-hydrogen) atoms. The van der Waals surface area contributed by atoms with E-state index in [1.165, 1.54) is 13.2 Å². The van der Waals surface area contributed by atoms with E-state index in [2.05, 4.69) is 5.32 Å². The summed E-state index contributed by atoms with van der Waals surface area (Å²) < 4.78 is 21.7. The van der Waals surface area contributed by atoms with Crippen molar-refractivity contribution < 1.29 is 23.7 Å². The smallest absolute Gasteiger partial charge is 0.244 e. The highest BCUT2D eigenvalue weighted by atomic mass is 16.5. The standard InChI is InChI=1S/C22H27NO5/c1-15-6-7-16(2)19(14-15)28-13-12-23-20(24)11-9-17-8-10-18(25-3)22(27-5)21(17)26-4/h6-11,14H,12-13H2,1-5H3,(H,23,24)/b11-9+. The highest BCUT2D eigenvalue weighted by Crippen LogP contribution is 2.40. The molecule has 0 aliphatic carbocycles. The van der Waals surface area contributed by atoms with Crippen LogP contribution in [0.25, 0.3) is 6.08 Å². The van der Waals surface area contributed by atoms with Gasteiger partial charge in [-0.3, -0.25) is 4.79 Å². The highest BCUT2D eigenvalue weighted by Gasteiger charge is 2.14. The Labute approximate surface area is 166 Å². The molecule has 0 saturated heterocycles. The summed E-state index contributed by atoms with van der Waals surface area (Å²) in [6.07, 6.45) is 3.11. The second-order valence-electron chi connectivity index (χ2n) is 6.17. The fraction of sp³-hybridized carbons (Fsp3) is 0.318. The molecule has 0 unspecified atom stereocenters. The van der Waals surface area contributed by atoms with E-state index in [1.807, 2.05) is 32.0 Å². The summed E-state index contributed by atoms with van der Waals surface area (Å²) in [5, 5.41) is 2.80. The first-order chi connectivity index (χ1) is 13.5. The Morgan fingerprint density at radius 1 is 0.964 bits per heavy atom. The van der Waals surface area contributed by atoms with Crippen molar-refractivity contribution in [1.29, 1.82) is 0 Å². The van der Waals surface area contributed by atoms with Gasteiger partial charge in [-0.25, -0.2) is 0 Å². The minimum absolute atomic E-state index is 0.221. The van der Waals surface area contributed by atoms with Gasteiger partial charge in [-0.2, -0.15) is 0 Å². The van der Waals surface area contributed by atoms with Gasteiger partial charge in [0.2, 0.25) is 11.7 Å². The summed E-state index contributed by atoms with van der Waals surface area (Å²) in [7, 11) is 4.64. The molecule has 2 aromatic carbocycles. The molecule has 0 radical (unpaired) electrons. The topological polar surface area (TPSA) is 66.0 Å². The molecule has 0 atom stereocenters. The first-order valence-electron chi connectivity index (χ1n) is 8.95. The number of aryl methyl sites for hydroxylation is 2. The van der Waals surface area contributed by atoms with Gasteiger partial charge in [-0.15, -0.1) is 0 Å². The third-order valence-corrected chi connectivity index (χ3v) is 4.15. The lowest BCUT2D eigenvalue weighted by Gasteiger charge is -2.14. The van der Waals surface area contributed by atoms with Crippen molar-refractivity contribution in [2.24, 2.45) is 0 Å². The molecule has 0 aromatic heterocycles. The van der Waals surface area contributed by atoms with Crippen LogP contribution < -0.4 is 24.3 Å². The lowest BCUT2D eigenvalue weighted by Crippen LogP contribution is -2.26. The number of carbonyl (C=O) groups excluding carboxylic acids is 1. The van der Waals surface area contributed by atoms with Crippen molar-refractivity contribution in [3.05, 3.63) is 53.1 Å². The summed E-state index contributed by atoms with van der Waals surface area (Å²) in [5.41, 5.74) is 2.91. The predicted molar refractivity (Wildman–Crippen MR) is 110 cm³/mol. The second kappa shape index (κ2) is 10.3. The average molecular weight is 385 g/mol. The molecular formula is C22H27NO5. The van der Waals surface area contributed by atoms with Crippen LogP contribution >= 0.6 is 0 Å². The number of carbonyl (C=O) groups is 1. The number of hydrogen-bond donors (Lipinski definition) is 1. The Balaban J connectivity index is 1.92. The van der Waals surface area contributed by atoms with Gasteiger partial charge >= 0.3 is 0 Å². The van der Waals surface area contributed by atoms with E-state index < -0.39 is 0 Å². The quantitative estimate of drug-likeness (QED) is 0.528. The number of ether oxygens (including phenoxy) is 4. The molecule has 1 amide bonds. The van der Waals surface area contributed by atoms with Crippen molar-refractivity contribution in [1.82, 2.24) is 5.32 Å². The summed E-state index contributed by atoms with van der Waals surface area (Å²) >= 11 is 0. The summed E-state index contributed by atoms with van der Waals surface area (Å²) in [6.45, 7) is 4.80. The molecule has 2 rings (SSSR count). The Morgan fingerprint density at radius 2 is 1.71 bits per heavy atom. The molecule has 0 aliphatic rings.